The molecule has 0 unspecified atom stereocenters. The van der Waals surface area contributed by atoms with E-state index < -0.39 is 0 Å². The van der Waals surface area contributed by atoms with Gasteiger partial charge in [0.1, 0.15) is 5.56 Å². The van der Waals surface area contributed by atoms with Gasteiger partial charge in [-0.25, -0.2) is 9.50 Å². The third-order valence-electron chi connectivity index (χ3n) is 6.36. The van der Waals surface area contributed by atoms with E-state index in [0.717, 1.165) is 39.7 Å². The van der Waals surface area contributed by atoms with Crippen molar-refractivity contribution in [2.45, 2.75) is 13.3 Å². The lowest BCUT2D eigenvalue weighted by Crippen LogP contribution is -2.22. The number of hydrogen-bond donors (Lipinski definition) is 2. The van der Waals surface area contributed by atoms with Crippen molar-refractivity contribution in [1.82, 2.24) is 19.2 Å². The molecule has 0 aliphatic carbocycles. The van der Waals surface area contributed by atoms with E-state index in [1.165, 1.54) is 11.6 Å². The number of aromatic nitrogens is 4. The number of nitrogens with two attached hydrogens (primary N) is 2. The van der Waals surface area contributed by atoms with Crippen molar-refractivity contribution in [3.8, 4) is 5.69 Å². The number of hydrogen-bond acceptors (Lipinski definition) is 6. The number of benzene rings is 3. The molecule has 41 heavy (non-hydrogen) atoms. The summed E-state index contributed by atoms with van der Waals surface area (Å²) in [6.45, 7) is 2.08. The zero-order chi connectivity index (χ0) is 29.2. The van der Waals surface area contributed by atoms with Crippen LogP contribution in [0.2, 0.25) is 0 Å². The van der Waals surface area contributed by atoms with Gasteiger partial charge in [0, 0.05) is 23.8 Å². The van der Waals surface area contributed by atoms with Gasteiger partial charge in [0.2, 0.25) is 0 Å². The van der Waals surface area contributed by atoms with Gasteiger partial charge in [-0.3, -0.25) is 14.2 Å². The number of fused-ring (bicyclic) bond motifs is 2. The Morgan fingerprint density at radius 1 is 0.878 bits per heavy atom. The smallest absolute Gasteiger partial charge is 0.263 e. The summed E-state index contributed by atoms with van der Waals surface area (Å²) in [5.74, 6) is 0.212. The lowest BCUT2D eigenvalue weighted by atomic mass is 10.0. The molecule has 6 rings (SSSR count). The summed E-state index contributed by atoms with van der Waals surface area (Å²) < 4.78 is 3.31. The van der Waals surface area contributed by atoms with Crippen LogP contribution < -0.4 is 17.0 Å². The van der Waals surface area contributed by atoms with E-state index >= 15 is 0 Å². The van der Waals surface area contributed by atoms with Gasteiger partial charge in [-0.05, 0) is 54.2 Å². The molecule has 0 atom stereocenters. The van der Waals surface area contributed by atoms with E-state index in [4.69, 9.17) is 5.73 Å². The van der Waals surface area contributed by atoms with Gasteiger partial charge in [-0.15, -0.1) is 5.10 Å². The minimum absolute atomic E-state index is 0.0314. The molecule has 0 radical (unpaired) electrons. The first-order valence-corrected chi connectivity index (χ1v) is 13.2. The molecule has 6 aromatic rings. The number of carbonyl (C=O) groups excluding carboxylic acids is 1. The maximum absolute atomic E-state index is 13.5. The number of para-hydroxylation sites is 1. The summed E-state index contributed by atoms with van der Waals surface area (Å²) in [4.78, 5) is 28.0. The van der Waals surface area contributed by atoms with Crippen molar-refractivity contribution in [1.29, 1.82) is 0 Å². The molecule has 4 N–H and O–H groups in total. The molecule has 8 heteroatoms. The lowest BCUT2D eigenvalue weighted by Gasteiger charge is -2.14. The molecule has 0 aliphatic rings. The van der Waals surface area contributed by atoms with E-state index in [0.29, 0.717) is 17.5 Å². The van der Waals surface area contributed by atoms with Gasteiger partial charge in [0.25, 0.3) is 5.56 Å². The zero-order valence-corrected chi connectivity index (χ0v) is 23.0. The lowest BCUT2D eigenvalue weighted by molar-refractivity contribution is 0.112. The van der Waals surface area contributed by atoms with Crippen LogP contribution in [0.3, 0.4) is 0 Å². The second-order valence-corrected chi connectivity index (χ2v) is 8.83. The number of nitrogen functional groups attached to an aromatic ring is 1. The molecule has 0 saturated heterocycles. The van der Waals surface area contributed by atoms with Crippen LogP contribution in [0.15, 0.2) is 108 Å². The molecular formula is C33H32N6O2. The molecule has 0 bridgehead atoms. The fourth-order valence-electron chi connectivity index (χ4n) is 4.49. The third kappa shape index (κ3) is 6.29. The maximum Gasteiger partial charge on any atom is 0.263 e. The molecule has 0 fully saturated rings. The highest BCUT2D eigenvalue weighted by molar-refractivity contribution is 5.93. The SMILES string of the molecule is CCc1cc2cccc(/C=C/c3ccccc3)c2c(=O)n1-c1ccccc1.CN.Nc1nn2cccnc2c1C=O. The van der Waals surface area contributed by atoms with Gasteiger partial charge in [0.05, 0.1) is 5.39 Å². The Labute approximate surface area is 238 Å². The highest BCUT2D eigenvalue weighted by Crippen LogP contribution is 2.21. The summed E-state index contributed by atoms with van der Waals surface area (Å²) in [6, 6.07) is 29.9. The predicted molar refractivity (Wildman–Crippen MR) is 167 cm³/mol. The fourth-order valence-corrected chi connectivity index (χ4v) is 4.49. The van der Waals surface area contributed by atoms with Gasteiger partial charge >= 0.3 is 0 Å². The largest absolute Gasteiger partial charge is 0.382 e. The molecule has 0 spiro atoms. The summed E-state index contributed by atoms with van der Waals surface area (Å²) in [7, 11) is 1.50. The molecular weight excluding hydrogens is 512 g/mol. The van der Waals surface area contributed by atoms with Crippen molar-refractivity contribution in [2.24, 2.45) is 5.73 Å². The second kappa shape index (κ2) is 13.6. The minimum Gasteiger partial charge on any atom is -0.382 e. The summed E-state index contributed by atoms with van der Waals surface area (Å²) in [6.07, 6.45) is 8.80. The summed E-state index contributed by atoms with van der Waals surface area (Å²) >= 11 is 0. The van der Waals surface area contributed by atoms with E-state index in [2.05, 4.69) is 47.0 Å². The van der Waals surface area contributed by atoms with Gasteiger partial charge in [-0.2, -0.15) is 0 Å². The normalized spacial score (nSPS) is 10.6. The van der Waals surface area contributed by atoms with Crippen molar-refractivity contribution < 1.29 is 4.79 Å². The number of pyridine rings is 1. The zero-order valence-electron chi connectivity index (χ0n) is 23.0. The average Bonchev–Trinajstić information content (AvgIpc) is 3.36. The summed E-state index contributed by atoms with van der Waals surface area (Å²) in [5, 5.41) is 5.63. The number of aryl methyl sites for hydroxylation is 1. The molecule has 206 valence electrons. The molecule has 0 aliphatic heterocycles. The highest BCUT2D eigenvalue weighted by atomic mass is 16.1. The van der Waals surface area contributed by atoms with Crippen LogP contribution in [-0.2, 0) is 6.42 Å². The first-order chi connectivity index (χ1) is 20.1. The van der Waals surface area contributed by atoms with Crippen LogP contribution in [0.25, 0.3) is 34.3 Å². The molecule has 3 heterocycles. The van der Waals surface area contributed by atoms with Gasteiger partial charge in [-0.1, -0.05) is 85.8 Å². The van der Waals surface area contributed by atoms with Crippen LogP contribution in [-0.4, -0.2) is 32.5 Å². The number of carbonyl (C=O) groups is 1. The first-order valence-electron chi connectivity index (χ1n) is 13.2. The Morgan fingerprint density at radius 2 is 1.59 bits per heavy atom. The molecule has 0 saturated carbocycles. The number of rotatable bonds is 5. The first kappa shape index (κ1) is 28.7. The monoisotopic (exact) mass is 544 g/mol. The summed E-state index contributed by atoms with van der Waals surface area (Å²) in [5.41, 5.74) is 14.8. The Balaban J connectivity index is 0.000000230. The number of anilines is 1. The molecule has 0 amide bonds. The van der Waals surface area contributed by atoms with E-state index in [-0.39, 0.29) is 11.4 Å². The van der Waals surface area contributed by atoms with Crippen molar-refractivity contribution in [3.63, 3.8) is 0 Å². The van der Waals surface area contributed by atoms with Crippen LogP contribution in [0, 0.1) is 0 Å². The van der Waals surface area contributed by atoms with Crippen molar-refractivity contribution in [2.75, 3.05) is 12.8 Å². The van der Waals surface area contributed by atoms with Crippen molar-refractivity contribution >= 4 is 40.7 Å². The Hall–Kier alpha value is -5.34. The maximum atomic E-state index is 13.5. The number of aldehydes is 1. The fraction of sp³-hybridized carbons (Fsp3) is 0.0909. The predicted octanol–water partition coefficient (Wildman–Crippen LogP) is 5.42. The minimum atomic E-state index is 0.0314. The third-order valence-corrected chi connectivity index (χ3v) is 6.36. The standard InChI is InChI=1S/C25H21NO.C7H6N4O.CH5N/c1-2-22-18-21-13-9-12-20(17-16-19-10-5-3-6-11-19)24(21)25(27)26(22)23-14-7-4-8-15-23;8-6-5(4-12)7-9-2-1-3-11(7)10-6;1-2/h3-18H,2H2,1H3;1-4H,(H2,8,10);2H2,1H3/b17-16+;;. The van der Waals surface area contributed by atoms with Gasteiger partial charge in [0.15, 0.2) is 17.8 Å². The van der Waals surface area contributed by atoms with Crippen LogP contribution in [0.4, 0.5) is 5.82 Å². The van der Waals surface area contributed by atoms with E-state index in [9.17, 15) is 9.59 Å². The second-order valence-electron chi connectivity index (χ2n) is 8.83. The van der Waals surface area contributed by atoms with E-state index in [1.807, 2.05) is 77.4 Å². The van der Waals surface area contributed by atoms with Crippen LogP contribution in [0.5, 0.6) is 0 Å². The topological polar surface area (TPSA) is 121 Å². The number of nitrogens with zero attached hydrogens (tertiary/aromatic N) is 4. The van der Waals surface area contributed by atoms with Crippen LogP contribution in [0.1, 0.15) is 34.1 Å². The van der Waals surface area contributed by atoms with E-state index in [1.54, 1.807) is 18.5 Å². The van der Waals surface area contributed by atoms with Crippen molar-refractivity contribution in [3.05, 3.63) is 136 Å². The average molecular weight is 545 g/mol. The van der Waals surface area contributed by atoms with Crippen LogP contribution >= 0.6 is 0 Å². The Morgan fingerprint density at radius 3 is 2.27 bits per heavy atom. The molecule has 8 nitrogen and oxygen atoms in total. The molecule has 3 aromatic carbocycles. The Kier molecular flexibility index (Phi) is 9.53. The molecule has 3 aromatic heterocycles. The van der Waals surface area contributed by atoms with Gasteiger partial charge < -0.3 is 11.5 Å². The highest BCUT2D eigenvalue weighted by Gasteiger charge is 2.12. The Bertz CT molecular complexity index is 1840. The quantitative estimate of drug-likeness (QED) is 0.221.